The third-order valence-corrected chi connectivity index (χ3v) is 7.19. The second-order valence-electron chi connectivity index (χ2n) is 9.44. The molecule has 0 aliphatic carbocycles. The van der Waals surface area contributed by atoms with Crippen molar-refractivity contribution < 1.29 is 19.0 Å². The molecule has 2 N–H and O–H groups in total. The summed E-state index contributed by atoms with van der Waals surface area (Å²) in [5.74, 6) is 1.07. The van der Waals surface area contributed by atoms with E-state index in [2.05, 4.69) is 23.1 Å². The van der Waals surface area contributed by atoms with Gasteiger partial charge < -0.3 is 15.1 Å². The zero-order chi connectivity index (χ0) is 24.0. The minimum Gasteiger partial charge on any atom is -0.493 e. The first kappa shape index (κ1) is 28.8. The molecule has 5 rings (SSSR count). The molecule has 0 amide bonds. The zero-order valence-corrected chi connectivity index (χ0v) is 22.5. The van der Waals surface area contributed by atoms with Crippen LogP contribution in [0.2, 0.25) is 0 Å². The molecule has 1 heterocycles. The van der Waals surface area contributed by atoms with E-state index in [1.165, 1.54) is 29.7 Å². The van der Waals surface area contributed by atoms with E-state index in [0.29, 0.717) is 12.5 Å². The van der Waals surface area contributed by atoms with Gasteiger partial charge in [-0.05, 0) is 85.1 Å². The number of piperidine rings is 1. The fraction of sp³-hybridized carbons (Fsp3) is 0.290. The summed E-state index contributed by atoms with van der Waals surface area (Å²) in [6, 6.07) is 28.1. The smallest absolute Gasteiger partial charge is 0.127 e. The van der Waals surface area contributed by atoms with Crippen molar-refractivity contribution in [1.29, 1.82) is 0 Å². The molecule has 0 aromatic heterocycles. The number of nitrogens with zero attached hydrogens (tertiary/aromatic N) is 1. The van der Waals surface area contributed by atoms with E-state index in [9.17, 15) is 8.78 Å². The standard InChI is InChI=1S/C31H31F2NO.BrH.H2O/c32-27-13-9-24(10-14-27)31(25-11-15-28(33)16-12-25)26-17-20-34(21-18-26)19-4-22-35-30-8-3-6-23-5-1-2-7-29(23)30;;/h1-3,5-16,26,31H,4,17-22H2;1H;1H2. The molecule has 0 radical (unpaired) electrons. The highest BCUT2D eigenvalue weighted by atomic mass is 79.9. The second kappa shape index (κ2) is 13.7. The van der Waals surface area contributed by atoms with Crippen molar-refractivity contribution in [3.63, 3.8) is 0 Å². The lowest BCUT2D eigenvalue weighted by Crippen LogP contribution is -2.36. The third kappa shape index (κ3) is 7.16. The maximum atomic E-state index is 13.6. The molecule has 37 heavy (non-hydrogen) atoms. The van der Waals surface area contributed by atoms with Crippen molar-refractivity contribution in [2.75, 3.05) is 26.2 Å². The van der Waals surface area contributed by atoms with E-state index in [1.807, 2.05) is 48.5 Å². The number of ether oxygens (including phenoxy) is 1. The molecular formula is C31H34BrF2NO2. The Kier molecular flexibility index (Phi) is 10.6. The van der Waals surface area contributed by atoms with Crippen LogP contribution in [0.1, 0.15) is 36.3 Å². The minimum atomic E-state index is -0.229. The number of benzene rings is 4. The van der Waals surface area contributed by atoms with E-state index in [4.69, 9.17) is 4.74 Å². The molecular weight excluding hydrogens is 536 g/mol. The molecule has 0 saturated carbocycles. The normalized spacial score (nSPS) is 14.2. The monoisotopic (exact) mass is 569 g/mol. The Morgan fingerprint density at radius 2 is 1.32 bits per heavy atom. The summed E-state index contributed by atoms with van der Waals surface area (Å²) in [6.07, 6.45) is 3.10. The number of hydrogen-bond donors (Lipinski definition) is 0. The Labute approximate surface area is 228 Å². The predicted octanol–water partition coefficient (Wildman–Crippen LogP) is 7.18. The van der Waals surface area contributed by atoms with Gasteiger partial charge in [-0.25, -0.2) is 8.78 Å². The van der Waals surface area contributed by atoms with Crippen molar-refractivity contribution >= 4 is 27.8 Å². The van der Waals surface area contributed by atoms with Gasteiger partial charge in [0.2, 0.25) is 0 Å². The Bertz CT molecular complexity index is 1190. The van der Waals surface area contributed by atoms with Crippen molar-refractivity contribution in [3.8, 4) is 5.75 Å². The van der Waals surface area contributed by atoms with Gasteiger partial charge in [-0.1, -0.05) is 60.7 Å². The lowest BCUT2D eigenvalue weighted by Gasteiger charge is -2.36. The van der Waals surface area contributed by atoms with Gasteiger partial charge in [0.05, 0.1) is 6.61 Å². The van der Waals surface area contributed by atoms with Crippen LogP contribution in [0.5, 0.6) is 5.75 Å². The summed E-state index contributed by atoms with van der Waals surface area (Å²) in [7, 11) is 0. The molecule has 1 saturated heterocycles. The molecule has 196 valence electrons. The summed E-state index contributed by atoms with van der Waals surface area (Å²) in [4.78, 5) is 2.51. The van der Waals surface area contributed by atoms with Crippen LogP contribution in [0.4, 0.5) is 8.78 Å². The molecule has 1 aliphatic rings. The number of halogens is 3. The van der Waals surface area contributed by atoms with Crippen LogP contribution in [-0.4, -0.2) is 36.6 Å². The molecule has 4 aromatic rings. The van der Waals surface area contributed by atoms with E-state index >= 15 is 0 Å². The number of hydrogen-bond acceptors (Lipinski definition) is 2. The highest BCUT2D eigenvalue weighted by molar-refractivity contribution is 8.93. The van der Waals surface area contributed by atoms with Crippen LogP contribution < -0.4 is 4.74 Å². The Morgan fingerprint density at radius 1 is 0.757 bits per heavy atom. The molecule has 6 heteroatoms. The Balaban J connectivity index is 0.00000190. The molecule has 1 aliphatic heterocycles. The van der Waals surface area contributed by atoms with Crippen LogP contribution in [0.3, 0.4) is 0 Å². The summed E-state index contributed by atoms with van der Waals surface area (Å²) < 4.78 is 33.2. The van der Waals surface area contributed by atoms with Gasteiger partial charge in [0, 0.05) is 17.8 Å². The van der Waals surface area contributed by atoms with Crippen LogP contribution in [-0.2, 0) is 0 Å². The summed E-state index contributed by atoms with van der Waals surface area (Å²) in [6.45, 7) is 3.76. The number of rotatable bonds is 8. The zero-order valence-electron chi connectivity index (χ0n) is 20.8. The van der Waals surface area contributed by atoms with Gasteiger partial charge in [-0.3, -0.25) is 0 Å². The largest absolute Gasteiger partial charge is 0.493 e. The Hall–Kier alpha value is -2.80. The highest BCUT2D eigenvalue weighted by Gasteiger charge is 2.29. The quantitative estimate of drug-likeness (QED) is 0.211. The molecule has 3 nitrogen and oxygen atoms in total. The number of fused-ring (bicyclic) bond motifs is 1. The second-order valence-corrected chi connectivity index (χ2v) is 9.44. The molecule has 1 fully saturated rings. The fourth-order valence-corrected chi connectivity index (χ4v) is 5.38. The molecule has 0 unspecified atom stereocenters. The van der Waals surface area contributed by atoms with Gasteiger partial charge >= 0.3 is 0 Å². The van der Waals surface area contributed by atoms with E-state index in [1.54, 1.807) is 0 Å². The molecule has 0 atom stereocenters. The Morgan fingerprint density at radius 3 is 1.95 bits per heavy atom. The average molecular weight is 571 g/mol. The van der Waals surface area contributed by atoms with Crippen molar-refractivity contribution in [2.24, 2.45) is 5.92 Å². The van der Waals surface area contributed by atoms with Gasteiger partial charge in [0.25, 0.3) is 0 Å². The summed E-state index contributed by atoms with van der Waals surface area (Å²) in [5, 5.41) is 2.35. The van der Waals surface area contributed by atoms with E-state index < -0.39 is 0 Å². The first-order valence-corrected chi connectivity index (χ1v) is 12.5. The number of likely N-dealkylation sites (tertiary alicyclic amines) is 1. The third-order valence-electron chi connectivity index (χ3n) is 7.19. The van der Waals surface area contributed by atoms with Gasteiger partial charge in [0.1, 0.15) is 17.4 Å². The SMILES string of the molecule is Br.Fc1ccc(C(c2ccc(F)cc2)C2CCN(CCCOc3cccc4ccccc34)CC2)cc1.O. The lowest BCUT2D eigenvalue weighted by molar-refractivity contribution is 0.163. The topological polar surface area (TPSA) is 44.0 Å². The van der Waals surface area contributed by atoms with Crippen LogP contribution in [0.15, 0.2) is 91.0 Å². The van der Waals surface area contributed by atoms with E-state index in [0.717, 1.165) is 61.2 Å². The van der Waals surface area contributed by atoms with Crippen molar-refractivity contribution in [3.05, 3.63) is 114 Å². The highest BCUT2D eigenvalue weighted by Crippen LogP contribution is 2.38. The lowest BCUT2D eigenvalue weighted by atomic mass is 9.76. The van der Waals surface area contributed by atoms with Crippen molar-refractivity contribution in [1.82, 2.24) is 4.90 Å². The van der Waals surface area contributed by atoms with Crippen LogP contribution in [0.25, 0.3) is 10.8 Å². The van der Waals surface area contributed by atoms with Gasteiger partial charge in [0.15, 0.2) is 0 Å². The summed E-state index contributed by atoms with van der Waals surface area (Å²) >= 11 is 0. The van der Waals surface area contributed by atoms with Crippen molar-refractivity contribution in [2.45, 2.75) is 25.2 Å². The van der Waals surface area contributed by atoms with Crippen LogP contribution in [0, 0.1) is 17.6 Å². The van der Waals surface area contributed by atoms with Gasteiger partial charge in [-0.2, -0.15) is 0 Å². The maximum Gasteiger partial charge on any atom is 0.127 e. The molecule has 0 bridgehead atoms. The maximum absolute atomic E-state index is 13.6. The fourth-order valence-electron chi connectivity index (χ4n) is 5.38. The first-order chi connectivity index (χ1) is 17.2. The minimum absolute atomic E-state index is 0. The average Bonchev–Trinajstić information content (AvgIpc) is 2.90. The first-order valence-electron chi connectivity index (χ1n) is 12.5. The summed E-state index contributed by atoms with van der Waals surface area (Å²) in [5.41, 5.74) is 2.19. The molecule has 0 spiro atoms. The van der Waals surface area contributed by atoms with Gasteiger partial charge in [-0.15, -0.1) is 17.0 Å². The van der Waals surface area contributed by atoms with Crippen LogP contribution >= 0.6 is 17.0 Å². The van der Waals surface area contributed by atoms with E-state index in [-0.39, 0.29) is 40.0 Å². The molecule has 4 aromatic carbocycles. The predicted molar refractivity (Wildman–Crippen MR) is 152 cm³/mol.